The maximum Gasteiger partial charge on any atom is 0.204 e. The smallest absolute Gasteiger partial charge is 0.204 e. The highest BCUT2D eigenvalue weighted by molar-refractivity contribution is 7.99. The first kappa shape index (κ1) is 21.0. The lowest BCUT2D eigenvalue weighted by atomic mass is 9.96. The third-order valence-electron chi connectivity index (χ3n) is 3.77. The largest absolute Gasteiger partial charge is 0.415 e. The predicted molar refractivity (Wildman–Crippen MR) is 109 cm³/mol. The molecule has 1 aromatic heterocycles. The maximum absolute atomic E-state index is 9.73. The molecule has 1 aromatic carbocycles. The molecule has 26 heavy (non-hydrogen) atoms. The number of nitrogens with zero attached hydrogens (tertiary/aromatic N) is 3. The molecule has 0 N–H and O–H groups in total. The summed E-state index contributed by atoms with van der Waals surface area (Å²) in [4.78, 5) is 5.89. The minimum Gasteiger partial charge on any atom is -0.415 e. The summed E-state index contributed by atoms with van der Waals surface area (Å²) in [6.45, 7) is 10.9. The van der Waals surface area contributed by atoms with Crippen LogP contribution in [0, 0.1) is 11.3 Å². The van der Waals surface area contributed by atoms with Gasteiger partial charge >= 0.3 is 0 Å². The Balaban J connectivity index is 2.49. The van der Waals surface area contributed by atoms with E-state index in [4.69, 9.17) is 21.0 Å². The van der Waals surface area contributed by atoms with E-state index in [-0.39, 0.29) is 11.3 Å². The second-order valence-corrected chi connectivity index (χ2v) is 11.0. The van der Waals surface area contributed by atoms with Crippen molar-refractivity contribution in [1.29, 1.82) is 5.26 Å². The summed E-state index contributed by atoms with van der Waals surface area (Å²) in [5, 5.41) is 11.4. The van der Waals surface area contributed by atoms with E-state index in [9.17, 15) is 5.26 Å². The van der Waals surface area contributed by atoms with Crippen LogP contribution in [0.5, 0.6) is 0 Å². The summed E-state index contributed by atoms with van der Waals surface area (Å²) in [6.07, 6.45) is 0. The number of aromatic nitrogens is 2. The van der Waals surface area contributed by atoms with Crippen molar-refractivity contribution in [2.45, 2.75) is 55.1 Å². The van der Waals surface area contributed by atoms with E-state index in [1.807, 2.05) is 31.3 Å². The van der Waals surface area contributed by atoms with E-state index in [0.717, 1.165) is 21.4 Å². The fraction of sp³-hybridized carbons (Fsp3) is 0.474. The van der Waals surface area contributed by atoms with Gasteiger partial charge in [-0.25, -0.2) is 4.98 Å². The van der Waals surface area contributed by atoms with Gasteiger partial charge in [0.05, 0.1) is 18.4 Å². The van der Waals surface area contributed by atoms with Crippen LogP contribution in [0.25, 0.3) is 0 Å². The van der Waals surface area contributed by atoms with E-state index < -0.39 is 9.04 Å². The normalized spacial score (nSPS) is 13.0. The monoisotopic (exact) mass is 406 g/mol. The van der Waals surface area contributed by atoms with Gasteiger partial charge in [-0.05, 0) is 31.3 Å². The first-order chi connectivity index (χ1) is 12.1. The molecule has 0 aliphatic carbocycles. The van der Waals surface area contributed by atoms with Crippen LogP contribution in [0.3, 0.4) is 0 Å². The van der Waals surface area contributed by atoms with E-state index in [2.05, 4.69) is 44.5 Å². The standard InChI is InChI=1S/C19H25ClN3OSSi/c1-19(2,3)18-22-16(13(11-21)12-24-26(5)6)17(23(18)4)25-15-9-7-8-14(20)10-15/h7-10,13H,12H2,1-6H3. The average Bonchev–Trinajstić information content (AvgIpc) is 2.85. The third kappa shape index (κ3) is 5.14. The van der Waals surface area contributed by atoms with Gasteiger partial charge in [0.15, 0.2) is 0 Å². The molecular weight excluding hydrogens is 382 g/mol. The van der Waals surface area contributed by atoms with Gasteiger partial charge in [-0.2, -0.15) is 5.26 Å². The fourth-order valence-electron chi connectivity index (χ4n) is 2.59. The van der Waals surface area contributed by atoms with Gasteiger partial charge in [0.25, 0.3) is 0 Å². The minimum atomic E-state index is -0.864. The van der Waals surface area contributed by atoms with E-state index >= 15 is 0 Å². The number of benzene rings is 1. The molecule has 4 nitrogen and oxygen atoms in total. The van der Waals surface area contributed by atoms with E-state index in [0.29, 0.717) is 11.6 Å². The third-order valence-corrected chi connectivity index (χ3v) is 5.92. The van der Waals surface area contributed by atoms with Crippen LogP contribution < -0.4 is 0 Å². The number of rotatable bonds is 6. The molecular formula is C19H25ClN3OSSi. The van der Waals surface area contributed by atoms with Crippen molar-refractivity contribution in [3.05, 3.63) is 40.8 Å². The van der Waals surface area contributed by atoms with Gasteiger partial charge in [0, 0.05) is 22.4 Å². The summed E-state index contributed by atoms with van der Waals surface area (Å²) in [5.74, 6) is 0.565. The Kier molecular flexibility index (Phi) is 6.97. The highest BCUT2D eigenvalue weighted by atomic mass is 35.5. The minimum absolute atomic E-state index is 0.123. The van der Waals surface area contributed by atoms with Crippen molar-refractivity contribution < 1.29 is 4.43 Å². The highest BCUT2D eigenvalue weighted by Gasteiger charge is 2.29. The van der Waals surface area contributed by atoms with Crippen molar-refractivity contribution >= 4 is 32.4 Å². The molecule has 0 saturated heterocycles. The van der Waals surface area contributed by atoms with Gasteiger partial charge in [0.1, 0.15) is 16.8 Å². The van der Waals surface area contributed by atoms with Crippen molar-refractivity contribution in [2.75, 3.05) is 6.61 Å². The van der Waals surface area contributed by atoms with Crippen LogP contribution in [0.2, 0.25) is 18.1 Å². The first-order valence-corrected chi connectivity index (χ1v) is 12.1. The zero-order valence-electron chi connectivity index (χ0n) is 16.1. The summed E-state index contributed by atoms with van der Waals surface area (Å²) < 4.78 is 7.90. The van der Waals surface area contributed by atoms with Crippen LogP contribution in [-0.4, -0.2) is 25.2 Å². The summed E-state index contributed by atoms with van der Waals surface area (Å²) in [5.41, 5.74) is 0.662. The zero-order valence-corrected chi connectivity index (χ0v) is 18.7. The van der Waals surface area contributed by atoms with Crippen molar-refractivity contribution in [2.24, 2.45) is 7.05 Å². The SMILES string of the molecule is Cn1c(C(C)(C)C)nc(C(C#N)CO[Si](C)C)c1Sc1cccc(Cl)c1. The van der Waals surface area contributed by atoms with Crippen molar-refractivity contribution in [3.63, 3.8) is 0 Å². The lowest BCUT2D eigenvalue weighted by Crippen LogP contribution is -2.17. The molecule has 1 radical (unpaired) electrons. The molecule has 0 bridgehead atoms. The van der Waals surface area contributed by atoms with Crippen LogP contribution in [-0.2, 0) is 16.9 Å². The molecule has 0 aliphatic heterocycles. The molecule has 2 aromatic rings. The highest BCUT2D eigenvalue weighted by Crippen LogP contribution is 2.37. The molecule has 0 spiro atoms. The number of imidazole rings is 1. The molecule has 0 amide bonds. The fourth-order valence-corrected chi connectivity index (χ4v) is 4.42. The molecule has 0 aliphatic rings. The Hall–Kier alpha value is -1.26. The van der Waals surface area contributed by atoms with Gasteiger partial charge in [-0.1, -0.05) is 50.2 Å². The van der Waals surface area contributed by atoms with Gasteiger partial charge in [-0.3, -0.25) is 0 Å². The number of hydrogen-bond donors (Lipinski definition) is 0. The van der Waals surface area contributed by atoms with Crippen LogP contribution in [0.15, 0.2) is 34.2 Å². The molecule has 0 saturated carbocycles. The molecule has 0 fully saturated rings. The number of nitriles is 1. The van der Waals surface area contributed by atoms with E-state index in [1.54, 1.807) is 11.8 Å². The number of halogens is 1. The van der Waals surface area contributed by atoms with Gasteiger partial charge < -0.3 is 8.99 Å². The number of hydrogen-bond acceptors (Lipinski definition) is 4. The molecule has 1 atom stereocenters. The van der Waals surface area contributed by atoms with Gasteiger partial charge in [0.2, 0.25) is 9.04 Å². The summed E-state index contributed by atoms with van der Waals surface area (Å²) >= 11 is 7.73. The first-order valence-electron chi connectivity index (χ1n) is 8.46. The predicted octanol–water partition coefficient (Wildman–Crippen LogP) is 5.40. The zero-order chi connectivity index (χ0) is 19.5. The topological polar surface area (TPSA) is 50.8 Å². The summed E-state index contributed by atoms with van der Waals surface area (Å²) in [7, 11) is 1.14. The summed E-state index contributed by atoms with van der Waals surface area (Å²) in [6, 6.07) is 10.1. The maximum atomic E-state index is 9.73. The quantitative estimate of drug-likeness (QED) is 0.603. The average molecular weight is 407 g/mol. The molecule has 139 valence electrons. The molecule has 1 unspecified atom stereocenters. The second-order valence-electron chi connectivity index (χ2n) is 7.40. The lowest BCUT2D eigenvalue weighted by molar-refractivity contribution is 0.313. The Labute approximate surface area is 167 Å². The van der Waals surface area contributed by atoms with Crippen molar-refractivity contribution in [1.82, 2.24) is 9.55 Å². The van der Waals surface area contributed by atoms with E-state index in [1.165, 1.54) is 0 Å². The van der Waals surface area contributed by atoms with Crippen LogP contribution >= 0.6 is 23.4 Å². The van der Waals surface area contributed by atoms with Crippen LogP contribution in [0.1, 0.15) is 38.2 Å². The Morgan fingerprint density at radius 3 is 2.62 bits per heavy atom. The van der Waals surface area contributed by atoms with Gasteiger partial charge in [-0.15, -0.1) is 0 Å². The Bertz CT molecular complexity index is 808. The molecule has 1 heterocycles. The second kappa shape index (κ2) is 8.62. The molecule has 7 heteroatoms. The Morgan fingerprint density at radius 1 is 1.38 bits per heavy atom. The molecule has 2 rings (SSSR count). The van der Waals surface area contributed by atoms with Crippen molar-refractivity contribution in [3.8, 4) is 6.07 Å². The lowest BCUT2D eigenvalue weighted by Gasteiger charge is -2.18. The van der Waals surface area contributed by atoms with Crippen LogP contribution in [0.4, 0.5) is 0 Å². The Morgan fingerprint density at radius 2 is 2.08 bits per heavy atom.